The van der Waals surface area contributed by atoms with E-state index in [-0.39, 0.29) is 17.3 Å². The molecular formula is C23H27N3O5S2. The molecule has 10 heteroatoms. The number of methoxy groups -OCH3 is 1. The summed E-state index contributed by atoms with van der Waals surface area (Å²) in [6.45, 7) is 0.963. The summed E-state index contributed by atoms with van der Waals surface area (Å²) in [5.41, 5.74) is 13.5. The van der Waals surface area contributed by atoms with Crippen molar-refractivity contribution >= 4 is 38.9 Å². The van der Waals surface area contributed by atoms with Crippen molar-refractivity contribution in [3.8, 4) is 5.75 Å². The van der Waals surface area contributed by atoms with Gasteiger partial charge in [-0.15, -0.1) is 0 Å². The van der Waals surface area contributed by atoms with E-state index >= 15 is 0 Å². The number of hydrogen-bond donors (Lipinski definition) is 2. The predicted octanol–water partition coefficient (Wildman–Crippen LogP) is 3.80. The molecule has 3 aromatic rings. The number of nitrogen functional groups attached to an aromatic ring is 2. The number of ether oxygens (including phenoxy) is 1. The van der Waals surface area contributed by atoms with Gasteiger partial charge >= 0.3 is 0 Å². The van der Waals surface area contributed by atoms with Crippen LogP contribution in [0.15, 0.2) is 82.6 Å². The van der Waals surface area contributed by atoms with Crippen LogP contribution >= 0.6 is 12.0 Å². The summed E-state index contributed by atoms with van der Waals surface area (Å²) < 4.78 is 35.8. The molecule has 8 nitrogen and oxygen atoms in total. The van der Waals surface area contributed by atoms with E-state index in [0.29, 0.717) is 30.2 Å². The Morgan fingerprint density at radius 1 is 0.939 bits per heavy atom. The zero-order valence-electron chi connectivity index (χ0n) is 18.2. The lowest BCUT2D eigenvalue weighted by molar-refractivity contribution is -0.187. The lowest BCUT2D eigenvalue weighted by Crippen LogP contribution is -2.32. The Balaban J connectivity index is 1.54. The van der Waals surface area contributed by atoms with Gasteiger partial charge in [0.2, 0.25) is 0 Å². The van der Waals surface area contributed by atoms with Crippen molar-refractivity contribution in [1.29, 1.82) is 0 Å². The number of rotatable bonds is 12. The summed E-state index contributed by atoms with van der Waals surface area (Å²) in [5.74, 6) is 0.541. The van der Waals surface area contributed by atoms with Crippen LogP contribution in [-0.4, -0.2) is 41.0 Å². The number of sulfone groups is 1. The zero-order valence-corrected chi connectivity index (χ0v) is 19.8. The van der Waals surface area contributed by atoms with Crippen molar-refractivity contribution < 1.29 is 22.4 Å². The van der Waals surface area contributed by atoms with E-state index in [1.54, 1.807) is 31.4 Å². The fourth-order valence-electron chi connectivity index (χ4n) is 3.04. The highest BCUT2D eigenvalue weighted by molar-refractivity contribution is 7.94. The lowest BCUT2D eigenvalue weighted by Gasteiger charge is -2.24. The lowest BCUT2D eigenvalue weighted by atomic mass is 10.3. The van der Waals surface area contributed by atoms with Crippen molar-refractivity contribution in [2.24, 2.45) is 0 Å². The van der Waals surface area contributed by atoms with Crippen LogP contribution in [0, 0.1) is 0 Å². The van der Waals surface area contributed by atoms with Gasteiger partial charge in [-0.3, -0.25) is 0 Å². The molecule has 0 aromatic heterocycles. The zero-order chi connectivity index (χ0) is 23.7. The quantitative estimate of drug-likeness (QED) is 0.129. The summed E-state index contributed by atoms with van der Waals surface area (Å²) in [4.78, 5) is 8.26. The minimum absolute atomic E-state index is 0.0491. The van der Waals surface area contributed by atoms with E-state index in [9.17, 15) is 8.42 Å². The minimum Gasteiger partial charge on any atom is -0.495 e. The van der Waals surface area contributed by atoms with Gasteiger partial charge in [0.05, 0.1) is 35.5 Å². The number of benzene rings is 3. The average molecular weight is 490 g/mol. The van der Waals surface area contributed by atoms with E-state index in [0.717, 1.165) is 22.6 Å². The fourth-order valence-corrected chi connectivity index (χ4v) is 4.78. The smallest absolute Gasteiger partial charge is 0.180 e. The summed E-state index contributed by atoms with van der Waals surface area (Å²) >= 11 is 1.03. The highest BCUT2D eigenvalue weighted by Crippen LogP contribution is 2.28. The molecule has 0 atom stereocenters. The van der Waals surface area contributed by atoms with Crippen LogP contribution < -0.4 is 21.1 Å². The highest BCUT2D eigenvalue weighted by atomic mass is 32.2. The number of nitrogens with zero attached hydrogens (tertiary/aromatic N) is 1. The number of anilines is 3. The van der Waals surface area contributed by atoms with Crippen LogP contribution in [-0.2, 0) is 19.1 Å². The summed E-state index contributed by atoms with van der Waals surface area (Å²) in [5, 5.41) is 0. The Morgan fingerprint density at radius 2 is 1.67 bits per heavy atom. The van der Waals surface area contributed by atoms with E-state index in [2.05, 4.69) is 0 Å². The van der Waals surface area contributed by atoms with Gasteiger partial charge in [0, 0.05) is 29.4 Å². The summed E-state index contributed by atoms with van der Waals surface area (Å²) in [6.07, 6.45) is 0. The fraction of sp³-hybridized carbons (Fsp3) is 0.217. The third kappa shape index (κ3) is 7.29. The van der Waals surface area contributed by atoms with Crippen molar-refractivity contribution in [1.82, 2.24) is 0 Å². The molecular weight excluding hydrogens is 462 g/mol. The first-order valence-electron chi connectivity index (χ1n) is 10.2. The van der Waals surface area contributed by atoms with Gasteiger partial charge in [0.25, 0.3) is 0 Å². The number of nitrogens with two attached hydrogens (primary N) is 2. The maximum atomic E-state index is 12.7. The van der Waals surface area contributed by atoms with Crippen molar-refractivity contribution in [2.75, 3.05) is 48.9 Å². The molecule has 3 rings (SSSR count). The highest BCUT2D eigenvalue weighted by Gasteiger charge is 2.17. The second-order valence-electron chi connectivity index (χ2n) is 7.09. The third-order valence-electron chi connectivity index (χ3n) is 4.81. The number of para-hydroxylation sites is 1. The van der Waals surface area contributed by atoms with E-state index in [1.807, 2.05) is 41.3 Å². The maximum absolute atomic E-state index is 12.7. The van der Waals surface area contributed by atoms with Gasteiger partial charge in [-0.1, -0.05) is 18.2 Å². The third-order valence-corrected chi connectivity index (χ3v) is 7.14. The predicted molar refractivity (Wildman–Crippen MR) is 132 cm³/mol. The molecule has 0 spiro atoms. The maximum Gasteiger partial charge on any atom is 0.180 e. The van der Waals surface area contributed by atoms with Gasteiger partial charge in [-0.05, 0) is 54.6 Å². The first kappa shape index (κ1) is 24.7. The van der Waals surface area contributed by atoms with E-state index in [1.165, 1.54) is 12.1 Å². The second kappa shape index (κ2) is 11.8. The molecule has 0 bridgehead atoms. The van der Waals surface area contributed by atoms with Gasteiger partial charge in [-0.25, -0.2) is 13.3 Å². The molecule has 0 aliphatic carbocycles. The molecule has 0 saturated carbocycles. The summed E-state index contributed by atoms with van der Waals surface area (Å²) in [7, 11) is -1.90. The molecule has 4 N–H and O–H groups in total. The van der Waals surface area contributed by atoms with Crippen LogP contribution in [0.4, 0.5) is 17.1 Å². The topological polar surface area (TPSA) is 117 Å². The molecule has 0 heterocycles. The molecule has 33 heavy (non-hydrogen) atoms. The minimum atomic E-state index is -3.46. The Bertz CT molecular complexity index is 1130. The van der Waals surface area contributed by atoms with Crippen LogP contribution in [0.2, 0.25) is 0 Å². The standard InChI is InChI=1S/C23H27N3O5S2/c1-29-23-12-9-20(17-22(23)25)32-31-30-15-13-26(19-5-3-2-4-6-19)14-16-33(27,28)21-10-7-18(24)8-11-21/h2-12,17H,13-16,24-25H2,1H3. The van der Waals surface area contributed by atoms with E-state index in [4.69, 9.17) is 25.4 Å². The SMILES string of the molecule is COc1ccc(SOOCCN(CCS(=O)(=O)c2ccc(N)cc2)c2ccccc2)cc1N. The van der Waals surface area contributed by atoms with Crippen molar-refractivity contribution in [3.05, 3.63) is 72.8 Å². The Hall–Kier alpha value is -2.92. The van der Waals surface area contributed by atoms with E-state index < -0.39 is 9.84 Å². The molecule has 0 saturated heterocycles. The van der Waals surface area contributed by atoms with Gasteiger partial charge in [0.15, 0.2) is 9.84 Å². The van der Waals surface area contributed by atoms with Crippen LogP contribution in [0.5, 0.6) is 5.75 Å². The number of hydrogen-bond acceptors (Lipinski definition) is 9. The van der Waals surface area contributed by atoms with Gasteiger partial charge in [-0.2, -0.15) is 4.33 Å². The Labute approximate surface area is 198 Å². The van der Waals surface area contributed by atoms with Crippen molar-refractivity contribution in [3.63, 3.8) is 0 Å². The molecule has 0 fully saturated rings. The molecule has 3 aromatic carbocycles. The van der Waals surface area contributed by atoms with Crippen LogP contribution in [0.3, 0.4) is 0 Å². The van der Waals surface area contributed by atoms with Gasteiger partial charge < -0.3 is 21.1 Å². The van der Waals surface area contributed by atoms with Crippen LogP contribution in [0.25, 0.3) is 0 Å². The Morgan fingerprint density at radius 3 is 2.33 bits per heavy atom. The normalized spacial score (nSPS) is 11.3. The Kier molecular flexibility index (Phi) is 8.84. The second-order valence-corrected chi connectivity index (χ2v) is 9.97. The molecule has 0 aliphatic rings. The molecule has 0 amide bonds. The van der Waals surface area contributed by atoms with Crippen molar-refractivity contribution in [2.45, 2.75) is 9.79 Å². The monoisotopic (exact) mass is 489 g/mol. The first-order valence-corrected chi connectivity index (χ1v) is 12.6. The first-order chi connectivity index (χ1) is 15.9. The molecule has 0 aliphatic heterocycles. The largest absolute Gasteiger partial charge is 0.495 e. The molecule has 176 valence electrons. The molecule has 0 radical (unpaired) electrons. The average Bonchev–Trinajstić information content (AvgIpc) is 2.82. The van der Waals surface area contributed by atoms with Crippen LogP contribution in [0.1, 0.15) is 0 Å². The van der Waals surface area contributed by atoms with Gasteiger partial charge in [0.1, 0.15) is 12.4 Å². The molecule has 0 unspecified atom stereocenters. The summed E-state index contributed by atoms with van der Waals surface area (Å²) in [6, 6.07) is 21.1.